The number of carbonyl (C=O) groups excluding carboxylic acids is 1. The van der Waals surface area contributed by atoms with E-state index < -0.39 is 0 Å². The van der Waals surface area contributed by atoms with Crippen LogP contribution in [0.2, 0.25) is 0 Å². The van der Waals surface area contributed by atoms with Crippen molar-refractivity contribution in [1.29, 1.82) is 0 Å². The normalized spacial score (nSPS) is 16.2. The molecular formula is C22H28N4OS. The highest BCUT2D eigenvalue weighted by molar-refractivity contribution is 7.98. The van der Waals surface area contributed by atoms with Crippen molar-refractivity contribution in [2.45, 2.75) is 44.0 Å². The molecule has 0 bridgehead atoms. The molecule has 2 amide bonds. The summed E-state index contributed by atoms with van der Waals surface area (Å²) in [6.07, 6.45) is 4.82. The maximum Gasteiger partial charge on any atom is 0.338 e. The summed E-state index contributed by atoms with van der Waals surface area (Å²) < 4.78 is 0. The van der Waals surface area contributed by atoms with E-state index in [1.54, 1.807) is 16.8 Å². The van der Waals surface area contributed by atoms with Crippen LogP contribution >= 0.6 is 11.8 Å². The number of nitrogens with zero attached hydrogens (tertiary/aromatic N) is 2. The van der Waals surface area contributed by atoms with Gasteiger partial charge >= 0.3 is 6.03 Å². The van der Waals surface area contributed by atoms with Gasteiger partial charge in [0.25, 0.3) is 0 Å². The molecule has 1 unspecified atom stereocenters. The van der Waals surface area contributed by atoms with Gasteiger partial charge in [0.2, 0.25) is 0 Å². The second kappa shape index (κ2) is 9.15. The van der Waals surface area contributed by atoms with Crippen LogP contribution in [0.4, 0.5) is 10.5 Å². The average molecular weight is 397 g/mol. The Morgan fingerprint density at radius 3 is 2.71 bits per heavy atom. The van der Waals surface area contributed by atoms with E-state index in [2.05, 4.69) is 36.7 Å². The fraction of sp³-hybridized carbons (Fsp3) is 0.364. The van der Waals surface area contributed by atoms with Gasteiger partial charge < -0.3 is 11.1 Å². The first-order valence-electron chi connectivity index (χ1n) is 9.72. The summed E-state index contributed by atoms with van der Waals surface area (Å²) in [5.41, 5.74) is 10.6. The van der Waals surface area contributed by atoms with E-state index in [0.29, 0.717) is 12.2 Å². The summed E-state index contributed by atoms with van der Waals surface area (Å²) >= 11 is 1.70. The van der Waals surface area contributed by atoms with Crippen LogP contribution in [0, 0.1) is 0 Å². The first-order chi connectivity index (χ1) is 13.5. The number of hydrogen-bond donors (Lipinski definition) is 2. The molecule has 0 aliphatic carbocycles. The lowest BCUT2D eigenvalue weighted by atomic mass is 9.94. The Balaban J connectivity index is 2.06. The molecule has 1 aliphatic heterocycles. The summed E-state index contributed by atoms with van der Waals surface area (Å²) in [4.78, 5) is 14.0. The lowest BCUT2D eigenvalue weighted by molar-refractivity contribution is 0.182. The van der Waals surface area contributed by atoms with Crippen LogP contribution in [0.5, 0.6) is 0 Å². The second-order valence-electron chi connectivity index (χ2n) is 7.08. The highest BCUT2D eigenvalue weighted by atomic mass is 32.2. The number of benzene rings is 2. The van der Waals surface area contributed by atoms with Crippen molar-refractivity contribution in [1.82, 2.24) is 10.3 Å². The van der Waals surface area contributed by atoms with Crippen LogP contribution in [-0.2, 0) is 6.42 Å². The Kier molecular flexibility index (Phi) is 6.62. The van der Waals surface area contributed by atoms with Crippen LogP contribution in [0.25, 0.3) is 0 Å². The monoisotopic (exact) mass is 396 g/mol. The molecule has 28 heavy (non-hydrogen) atoms. The van der Waals surface area contributed by atoms with E-state index in [-0.39, 0.29) is 12.1 Å². The highest BCUT2D eigenvalue weighted by Gasteiger charge is 2.27. The molecule has 2 aromatic carbocycles. The molecule has 3 rings (SSSR count). The van der Waals surface area contributed by atoms with Crippen LogP contribution in [0.15, 0.2) is 52.5 Å². The summed E-state index contributed by atoms with van der Waals surface area (Å²) in [7, 11) is 0. The predicted octanol–water partition coefficient (Wildman–Crippen LogP) is 4.50. The van der Waals surface area contributed by atoms with Crippen molar-refractivity contribution >= 4 is 29.2 Å². The van der Waals surface area contributed by atoms with Crippen molar-refractivity contribution in [3.05, 3.63) is 59.2 Å². The molecule has 148 valence electrons. The lowest BCUT2D eigenvalue weighted by Crippen LogP contribution is -2.42. The number of nitrogens with two attached hydrogens (primary N) is 1. The van der Waals surface area contributed by atoms with Crippen molar-refractivity contribution in [3.63, 3.8) is 0 Å². The third kappa shape index (κ3) is 4.50. The van der Waals surface area contributed by atoms with Crippen LogP contribution in [0.1, 0.15) is 43.4 Å². The minimum absolute atomic E-state index is 0.0354. The minimum Gasteiger partial charge on any atom is -0.399 e. The molecule has 3 N–H and O–H groups in total. The van der Waals surface area contributed by atoms with Crippen LogP contribution in [0.3, 0.4) is 0 Å². The van der Waals surface area contributed by atoms with E-state index in [1.165, 1.54) is 10.5 Å². The number of unbranched alkanes of at least 4 members (excludes halogenated alkanes) is 1. The van der Waals surface area contributed by atoms with Crippen molar-refractivity contribution in [2.75, 3.05) is 18.5 Å². The third-order valence-corrected chi connectivity index (χ3v) is 5.64. The molecule has 2 aromatic rings. The van der Waals surface area contributed by atoms with Gasteiger partial charge in [-0.05, 0) is 55.9 Å². The van der Waals surface area contributed by atoms with Crippen LogP contribution in [-0.4, -0.2) is 35.6 Å². The Labute approximate surface area is 171 Å². The van der Waals surface area contributed by atoms with Gasteiger partial charge in [-0.15, -0.1) is 11.8 Å². The molecule has 1 atom stereocenters. The SMILES string of the molecule is CCCCNC(=O)N1N=C(c2ccc(N)cc2)c2cc(SC)ccc2CC1C. The summed E-state index contributed by atoms with van der Waals surface area (Å²) in [6.45, 7) is 4.81. The number of carbonyl (C=O) groups is 1. The number of rotatable bonds is 5. The molecule has 0 saturated carbocycles. The zero-order chi connectivity index (χ0) is 20.1. The van der Waals surface area contributed by atoms with Gasteiger partial charge in [0.05, 0.1) is 11.8 Å². The first kappa shape index (κ1) is 20.3. The molecule has 0 aromatic heterocycles. The number of nitrogen functional groups attached to an aromatic ring is 1. The molecule has 1 heterocycles. The molecule has 5 nitrogen and oxygen atoms in total. The topological polar surface area (TPSA) is 70.7 Å². The molecule has 1 aliphatic rings. The Hall–Kier alpha value is -2.47. The standard InChI is InChI=1S/C22H28N4OS/c1-4-5-12-24-22(27)26-15(2)13-17-8-11-19(28-3)14-20(17)21(25-26)16-6-9-18(23)10-7-16/h6-11,14-15H,4-5,12-13,23H2,1-3H3,(H,24,27). The zero-order valence-electron chi connectivity index (χ0n) is 16.7. The largest absolute Gasteiger partial charge is 0.399 e. The minimum atomic E-state index is -0.146. The number of hydrogen-bond acceptors (Lipinski definition) is 4. The van der Waals surface area contributed by atoms with Gasteiger partial charge in [0.1, 0.15) is 0 Å². The summed E-state index contributed by atoms with van der Waals surface area (Å²) in [5, 5.41) is 9.43. The van der Waals surface area contributed by atoms with Gasteiger partial charge in [-0.25, -0.2) is 9.80 Å². The van der Waals surface area contributed by atoms with Gasteiger partial charge in [0.15, 0.2) is 0 Å². The van der Waals surface area contributed by atoms with Gasteiger partial charge in [-0.2, -0.15) is 5.10 Å². The Morgan fingerprint density at radius 2 is 2.04 bits per heavy atom. The van der Waals surface area contributed by atoms with Gasteiger partial charge in [0, 0.05) is 28.3 Å². The average Bonchev–Trinajstić information content (AvgIpc) is 2.84. The number of anilines is 1. The predicted molar refractivity (Wildman–Crippen MR) is 118 cm³/mol. The number of urea groups is 1. The van der Waals surface area contributed by atoms with E-state index in [4.69, 9.17) is 10.8 Å². The van der Waals surface area contributed by atoms with Crippen LogP contribution < -0.4 is 11.1 Å². The number of amides is 2. The maximum absolute atomic E-state index is 12.8. The molecule has 0 spiro atoms. The van der Waals surface area contributed by atoms with Gasteiger partial charge in [-0.1, -0.05) is 31.5 Å². The zero-order valence-corrected chi connectivity index (χ0v) is 17.6. The van der Waals surface area contributed by atoms with Crippen molar-refractivity contribution in [3.8, 4) is 0 Å². The van der Waals surface area contributed by atoms with E-state index in [0.717, 1.165) is 36.1 Å². The third-order valence-electron chi connectivity index (χ3n) is 4.91. The summed E-state index contributed by atoms with van der Waals surface area (Å²) in [6, 6.07) is 13.9. The molecule has 0 radical (unpaired) electrons. The molecule has 0 saturated heterocycles. The number of nitrogens with one attached hydrogen (secondary N) is 1. The molecule has 6 heteroatoms. The molecular weight excluding hydrogens is 368 g/mol. The lowest BCUT2D eigenvalue weighted by Gasteiger charge is -2.23. The van der Waals surface area contributed by atoms with Crippen molar-refractivity contribution in [2.24, 2.45) is 5.10 Å². The number of thioether (sulfide) groups is 1. The maximum atomic E-state index is 12.8. The van der Waals surface area contributed by atoms with E-state index >= 15 is 0 Å². The van der Waals surface area contributed by atoms with E-state index in [9.17, 15) is 4.79 Å². The highest BCUT2D eigenvalue weighted by Crippen LogP contribution is 2.27. The Bertz CT molecular complexity index is 863. The smallest absolute Gasteiger partial charge is 0.338 e. The quantitative estimate of drug-likeness (QED) is 0.444. The van der Waals surface area contributed by atoms with Crippen molar-refractivity contribution < 1.29 is 4.79 Å². The first-order valence-corrected chi connectivity index (χ1v) is 10.9. The molecule has 0 fully saturated rings. The number of fused-ring (bicyclic) bond motifs is 1. The second-order valence-corrected chi connectivity index (χ2v) is 7.96. The van der Waals surface area contributed by atoms with Gasteiger partial charge in [-0.3, -0.25) is 0 Å². The van der Waals surface area contributed by atoms with E-state index in [1.807, 2.05) is 31.2 Å². The Morgan fingerprint density at radius 1 is 1.29 bits per heavy atom. The fourth-order valence-electron chi connectivity index (χ4n) is 3.30. The number of hydrazone groups is 1. The fourth-order valence-corrected chi connectivity index (χ4v) is 3.74. The summed E-state index contributed by atoms with van der Waals surface area (Å²) in [5.74, 6) is 0.